The van der Waals surface area contributed by atoms with Crippen molar-refractivity contribution in [2.75, 3.05) is 4.90 Å². The van der Waals surface area contributed by atoms with Crippen LogP contribution in [-0.2, 0) is 0 Å². The summed E-state index contributed by atoms with van der Waals surface area (Å²) in [6, 6.07) is 78.7. The second-order valence-electron chi connectivity index (χ2n) is 15.3. The second-order valence-corrected chi connectivity index (χ2v) is 15.3. The van der Waals surface area contributed by atoms with Crippen molar-refractivity contribution >= 4 is 82.4 Å². The van der Waals surface area contributed by atoms with Gasteiger partial charge in [0.1, 0.15) is 11.2 Å². The van der Waals surface area contributed by atoms with Gasteiger partial charge in [-0.1, -0.05) is 152 Å². The third kappa shape index (κ3) is 5.29. The fourth-order valence-electron chi connectivity index (χ4n) is 9.33. The molecule has 0 saturated carbocycles. The Morgan fingerprint density at radius 3 is 1.58 bits per heavy atom. The van der Waals surface area contributed by atoms with Crippen molar-refractivity contribution in [3.63, 3.8) is 0 Å². The van der Waals surface area contributed by atoms with Gasteiger partial charge in [0.25, 0.3) is 0 Å². The lowest BCUT2D eigenvalue weighted by Crippen LogP contribution is -2.10. The standard InChI is InChI=1S/C56H36N2O/c1-2-13-37(14-3-1)43-20-10-15-39-16-11-21-44(55(39)43)38-27-29-40(30-28-38)57(51-25-12-22-49-47(51)35-36-50-48-19-6-9-26-54(48)59-56(49)50)41-31-33-42(34-32-41)58-52-23-7-4-17-45(52)46-18-5-8-24-53(46)58/h1-36H. The van der Waals surface area contributed by atoms with Crippen molar-refractivity contribution in [2.24, 2.45) is 0 Å². The number of furan rings is 1. The molecule has 2 aromatic heterocycles. The van der Waals surface area contributed by atoms with Gasteiger partial charge >= 0.3 is 0 Å². The van der Waals surface area contributed by atoms with Crippen LogP contribution in [-0.4, -0.2) is 4.57 Å². The number of nitrogens with zero attached hydrogens (tertiary/aromatic N) is 2. The maximum absolute atomic E-state index is 6.56. The van der Waals surface area contributed by atoms with Gasteiger partial charge in [0.2, 0.25) is 0 Å². The summed E-state index contributed by atoms with van der Waals surface area (Å²) in [5.41, 5.74) is 13.4. The van der Waals surface area contributed by atoms with Gasteiger partial charge in [-0.3, -0.25) is 0 Å². The van der Waals surface area contributed by atoms with Crippen LogP contribution in [0, 0.1) is 0 Å². The molecule has 0 radical (unpaired) electrons. The predicted molar refractivity (Wildman–Crippen MR) is 249 cm³/mol. The molecule has 59 heavy (non-hydrogen) atoms. The van der Waals surface area contributed by atoms with Crippen LogP contribution < -0.4 is 4.90 Å². The monoisotopic (exact) mass is 752 g/mol. The average molecular weight is 753 g/mol. The molecule has 2 heterocycles. The number of benzene rings is 10. The molecule has 0 aliphatic carbocycles. The van der Waals surface area contributed by atoms with Crippen LogP contribution in [0.4, 0.5) is 17.1 Å². The van der Waals surface area contributed by atoms with Crippen LogP contribution in [0.15, 0.2) is 223 Å². The van der Waals surface area contributed by atoms with Gasteiger partial charge in [-0.2, -0.15) is 0 Å². The number of para-hydroxylation sites is 3. The molecular formula is C56H36N2O. The van der Waals surface area contributed by atoms with E-state index in [9.17, 15) is 0 Å². The molecule has 0 bridgehead atoms. The van der Waals surface area contributed by atoms with E-state index in [1.165, 1.54) is 54.8 Å². The first-order valence-electron chi connectivity index (χ1n) is 20.2. The highest BCUT2D eigenvalue weighted by atomic mass is 16.3. The normalized spacial score (nSPS) is 11.7. The van der Waals surface area contributed by atoms with Gasteiger partial charge in [-0.25, -0.2) is 0 Å². The van der Waals surface area contributed by atoms with Crippen molar-refractivity contribution in [1.29, 1.82) is 0 Å². The van der Waals surface area contributed by atoms with E-state index in [0.29, 0.717) is 0 Å². The summed E-state index contributed by atoms with van der Waals surface area (Å²) < 4.78 is 8.93. The van der Waals surface area contributed by atoms with Gasteiger partial charge in [-0.05, 0) is 99.8 Å². The number of anilines is 3. The van der Waals surface area contributed by atoms with Gasteiger partial charge < -0.3 is 13.9 Å². The average Bonchev–Trinajstić information content (AvgIpc) is 3.86. The SMILES string of the molecule is c1ccc(-c2cccc3cccc(-c4ccc(N(c5ccc(-n6c7ccccc7c7ccccc76)cc5)c5cccc6c5ccc5c7ccccc7oc65)cc4)c23)cc1. The van der Waals surface area contributed by atoms with Crippen molar-refractivity contribution in [3.8, 4) is 27.9 Å². The lowest BCUT2D eigenvalue weighted by Gasteiger charge is -2.27. The van der Waals surface area contributed by atoms with E-state index in [-0.39, 0.29) is 0 Å². The molecule has 276 valence electrons. The number of hydrogen-bond donors (Lipinski definition) is 0. The summed E-state index contributed by atoms with van der Waals surface area (Å²) >= 11 is 0. The first-order chi connectivity index (χ1) is 29.3. The van der Waals surface area contributed by atoms with E-state index < -0.39 is 0 Å². The molecule has 0 spiro atoms. The third-order valence-electron chi connectivity index (χ3n) is 12.0. The maximum Gasteiger partial charge on any atom is 0.143 e. The Labute approximate surface area is 341 Å². The zero-order chi connectivity index (χ0) is 38.9. The highest BCUT2D eigenvalue weighted by molar-refractivity contribution is 6.18. The Morgan fingerprint density at radius 1 is 0.356 bits per heavy atom. The molecule has 0 saturated heterocycles. The van der Waals surface area contributed by atoms with Crippen molar-refractivity contribution in [2.45, 2.75) is 0 Å². The summed E-state index contributed by atoms with van der Waals surface area (Å²) in [5, 5.41) is 9.46. The van der Waals surface area contributed by atoms with Crippen molar-refractivity contribution in [3.05, 3.63) is 218 Å². The molecular weight excluding hydrogens is 717 g/mol. The van der Waals surface area contributed by atoms with E-state index >= 15 is 0 Å². The minimum atomic E-state index is 0.900. The molecule has 3 nitrogen and oxygen atoms in total. The summed E-state index contributed by atoms with van der Waals surface area (Å²) in [4.78, 5) is 2.38. The largest absolute Gasteiger partial charge is 0.455 e. The highest BCUT2D eigenvalue weighted by Crippen LogP contribution is 2.44. The van der Waals surface area contributed by atoms with E-state index in [1.54, 1.807) is 0 Å². The Bertz CT molecular complexity index is 3480. The van der Waals surface area contributed by atoms with Crippen LogP contribution in [0.2, 0.25) is 0 Å². The first kappa shape index (κ1) is 33.3. The predicted octanol–water partition coefficient (Wildman–Crippen LogP) is 15.8. The van der Waals surface area contributed by atoms with Gasteiger partial charge in [0, 0.05) is 49.4 Å². The van der Waals surface area contributed by atoms with E-state index in [2.05, 4.69) is 222 Å². The Balaban J connectivity index is 1.03. The number of rotatable bonds is 6. The van der Waals surface area contributed by atoms with E-state index in [4.69, 9.17) is 4.42 Å². The maximum atomic E-state index is 6.56. The van der Waals surface area contributed by atoms with Crippen LogP contribution in [0.5, 0.6) is 0 Å². The van der Waals surface area contributed by atoms with E-state index in [0.717, 1.165) is 55.5 Å². The number of aromatic nitrogens is 1. The number of fused-ring (bicyclic) bond motifs is 9. The van der Waals surface area contributed by atoms with Crippen LogP contribution in [0.1, 0.15) is 0 Å². The smallest absolute Gasteiger partial charge is 0.143 e. The molecule has 12 rings (SSSR count). The molecule has 10 aromatic carbocycles. The summed E-state index contributed by atoms with van der Waals surface area (Å²) in [6.07, 6.45) is 0. The number of hydrogen-bond acceptors (Lipinski definition) is 2. The second kappa shape index (κ2) is 13.4. The lowest BCUT2D eigenvalue weighted by atomic mass is 9.91. The van der Waals surface area contributed by atoms with Crippen LogP contribution in [0.25, 0.3) is 93.2 Å². The minimum absolute atomic E-state index is 0.900. The van der Waals surface area contributed by atoms with E-state index in [1.807, 2.05) is 6.07 Å². The first-order valence-corrected chi connectivity index (χ1v) is 20.2. The molecule has 3 heteroatoms. The Kier molecular flexibility index (Phi) is 7.54. The summed E-state index contributed by atoms with van der Waals surface area (Å²) in [7, 11) is 0. The zero-order valence-electron chi connectivity index (χ0n) is 32.1. The van der Waals surface area contributed by atoms with Crippen molar-refractivity contribution < 1.29 is 4.42 Å². The molecule has 0 aliphatic heterocycles. The zero-order valence-corrected chi connectivity index (χ0v) is 32.1. The van der Waals surface area contributed by atoms with Crippen LogP contribution in [0.3, 0.4) is 0 Å². The topological polar surface area (TPSA) is 21.3 Å². The summed E-state index contributed by atoms with van der Waals surface area (Å²) in [5.74, 6) is 0. The summed E-state index contributed by atoms with van der Waals surface area (Å²) in [6.45, 7) is 0. The molecule has 0 N–H and O–H groups in total. The molecule has 0 fully saturated rings. The molecule has 0 amide bonds. The van der Waals surface area contributed by atoms with Crippen LogP contribution >= 0.6 is 0 Å². The third-order valence-corrected chi connectivity index (χ3v) is 12.0. The quantitative estimate of drug-likeness (QED) is 0.169. The molecule has 0 unspecified atom stereocenters. The molecule has 0 aliphatic rings. The van der Waals surface area contributed by atoms with Gasteiger partial charge in [0.15, 0.2) is 0 Å². The Hall–Kier alpha value is -7.88. The molecule has 12 aromatic rings. The molecule has 0 atom stereocenters. The van der Waals surface area contributed by atoms with Gasteiger partial charge in [0.05, 0.1) is 16.7 Å². The lowest BCUT2D eigenvalue weighted by molar-refractivity contribution is 0.672. The fourth-order valence-corrected chi connectivity index (χ4v) is 9.33. The fraction of sp³-hybridized carbons (Fsp3) is 0. The highest BCUT2D eigenvalue weighted by Gasteiger charge is 2.20. The minimum Gasteiger partial charge on any atom is -0.455 e. The van der Waals surface area contributed by atoms with Gasteiger partial charge in [-0.15, -0.1) is 0 Å². The Morgan fingerprint density at radius 2 is 0.881 bits per heavy atom. The van der Waals surface area contributed by atoms with Crippen molar-refractivity contribution in [1.82, 2.24) is 4.57 Å².